The quantitative estimate of drug-likeness (QED) is 0.913. The minimum Gasteiger partial charge on any atom is -0.486 e. The molecule has 0 amide bonds. The molecular weight excluding hydrogens is 258 g/mol. The number of aryl methyl sites for hydroxylation is 1. The Morgan fingerprint density at radius 1 is 1.25 bits per heavy atom. The number of carboxylic acids is 1. The van der Waals surface area contributed by atoms with Gasteiger partial charge in [-0.3, -0.25) is 4.79 Å². The van der Waals surface area contributed by atoms with Crippen molar-refractivity contribution in [1.29, 1.82) is 0 Å². The molecule has 0 saturated carbocycles. The number of ether oxygens (including phenoxy) is 2. The van der Waals surface area contributed by atoms with Crippen LogP contribution in [0.5, 0.6) is 11.5 Å². The van der Waals surface area contributed by atoms with Crippen molar-refractivity contribution >= 4 is 16.9 Å². The molecule has 106 valence electrons. The molecule has 3 rings (SSSR count). The van der Waals surface area contributed by atoms with Crippen molar-refractivity contribution in [1.82, 2.24) is 4.57 Å². The van der Waals surface area contributed by atoms with Crippen LogP contribution in [0, 0.1) is 0 Å². The van der Waals surface area contributed by atoms with Crippen molar-refractivity contribution in [3.63, 3.8) is 0 Å². The van der Waals surface area contributed by atoms with E-state index in [1.54, 1.807) is 13.8 Å². The van der Waals surface area contributed by atoms with Crippen LogP contribution >= 0.6 is 0 Å². The molecule has 2 aromatic rings. The fourth-order valence-corrected chi connectivity index (χ4v) is 2.53. The molecule has 0 unspecified atom stereocenters. The Morgan fingerprint density at radius 2 is 1.85 bits per heavy atom. The van der Waals surface area contributed by atoms with Gasteiger partial charge in [-0.25, -0.2) is 0 Å². The summed E-state index contributed by atoms with van der Waals surface area (Å²) in [6.07, 6.45) is 1.87. The molecule has 5 nitrogen and oxygen atoms in total. The molecular formula is C15H17NO4. The van der Waals surface area contributed by atoms with E-state index < -0.39 is 11.4 Å². The topological polar surface area (TPSA) is 60.7 Å². The summed E-state index contributed by atoms with van der Waals surface area (Å²) in [6.45, 7) is 4.47. The maximum atomic E-state index is 11.5. The summed E-state index contributed by atoms with van der Waals surface area (Å²) in [7, 11) is 1.90. The molecule has 0 atom stereocenters. The zero-order valence-corrected chi connectivity index (χ0v) is 11.8. The number of carbonyl (C=O) groups is 1. The Morgan fingerprint density at radius 3 is 2.45 bits per heavy atom. The lowest BCUT2D eigenvalue weighted by molar-refractivity contribution is -0.142. The van der Waals surface area contributed by atoms with Gasteiger partial charge in [0.05, 0.1) is 10.9 Å². The largest absolute Gasteiger partial charge is 0.486 e. The summed E-state index contributed by atoms with van der Waals surface area (Å²) in [6, 6.07) is 3.79. The van der Waals surface area contributed by atoms with E-state index in [1.165, 1.54) is 0 Å². The zero-order chi connectivity index (χ0) is 14.5. The molecule has 0 aliphatic carbocycles. The van der Waals surface area contributed by atoms with Crippen LogP contribution in [0.1, 0.15) is 19.4 Å². The number of rotatable bonds is 2. The van der Waals surface area contributed by atoms with Gasteiger partial charge in [-0.05, 0) is 25.5 Å². The molecule has 1 N–H and O–H groups in total. The molecule has 0 radical (unpaired) electrons. The van der Waals surface area contributed by atoms with Crippen LogP contribution < -0.4 is 9.47 Å². The third kappa shape index (κ3) is 1.73. The van der Waals surface area contributed by atoms with Gasteiger partial charge < -0.3 is 19.1 Å². The molecule has 0 saturated heterocycles. The van der Waals surface area contributed by atoms with E-state index in [0.717, 1.165) is 16.5 Å². The van der Waals surface area contributed by atoms with Gasteiger partial charge in [0.25, 0.3) is 0 Å². The van der Waals surface area contributed by atoms with E-state index >= 15 is 0 Å². The van der Waals surface area contributed by atoms with Gasteiger partial charge in [-0.2, -0.15) is 0 Å². The molecule has 1 aliphatic heterocycles. The monoisotopic (exact) mass is 275 g/mol. The SMILES string of the molecule is Cn1cc(C(C)(C)C(=O)O)c2cc3c(cc21)OCCO3. The lowest BCUT2D eigenvalue weighted by Gasteiger charge is -2.21. The summed E-state index contributed by atoms with van der Waals surface area (Å²) in [5, 5.41) is 10.3. The molecule has 20 heavy (non-hydrogen) atoms. The van der Waals surface area contributed by atoms with E-state index in [0.29, 0.717) is 24.7 Å². The van der Waals surface area contributed by atoms with E-state index in [4.69, 9.17) is 9.47 Å². The van der Waals surface area contributed by atoms with Gasteiger partial charge in [0.2, 0.25) is 0 Å². The highest BCUT2D eigenvalue weighted by Gasteiger charge is 2.33. The normalized spacial score (nSPS) is 14.6. The Kier molecular flexibility index (Phi) is 2.67. The van der Waals surface area contributed by atoms with Crippen molar-refractivity contribution < 1.29 is 19.4 Å². The molecule has 1 aromatic carbocycles. The fourth-order valence-electron chi connectivity index (χ4n) is 2.53. The van der Waals surface area contributed by atoms with Gasteiger partial charge in [0.1, 0.15) is 13.2 Å². The standard InChI is InChI=1S/C15H17NO4/c1-15(2,14(17)18)10-8-16(3)11-7-13-12(6-9(10)11)19-4-5-20-13/h6-8H,4-5H2,1-3H3,(H,17,18). The average Bonchev–Trinajstić information content (AvgIpc) is 2.74. The number of hydrogen-bond donors (Lipinski definition) is 1. The van der Waals surface area contributed by atoms with E-state index in [-0.39, 0.29) is 0 Å². The van der Waals surface area contributed by atoms with Crippen LogP contribution in [0.3, 0.4) is 0 Å². The van der Waals surface area contributed by atoms with Crippen LogP contribution in [0.15, 0.2) is 18.3 Å². The Balaban J connectivity index is 2.27. The van der Waals surface area contributed by atoms with Crippen molar-refractivity contribution in [2.45, 2.75) is 19.3 Å². The van der Waals surface area contributed by atoms with Crippen molar-refractivity contribution in [2.24, 2.45) is 7.05 Å². The third-order valence-corrected chi connectivity index (χ3v) is 3.86. The lowest BCUT2D eigenvalue weighted by Crippen LogP contribution is -2.28. The summed E-state index contributed by atoms with van der Waals surface area (Å²) in [5.74, 6) is 0.543. The first-order valence-electron chi connectivity index (χ1n) is 6.54. The highest BCUT2D eigenvalue weighted by Crippen LogP contribution is 2.39. The number of hydrogen-bond acceptors (Lipinski definition) is 3. The highest BCUT2D eigenvalue weighted by molar-refractivity contribution is 5.93. The second-order valence-electron chi connectivity index (χ2n) is 5.60. The second kappa shape index (κ2) is 4.16. The van der Waals surface area contributed by atoms with Gasteiger partial charge in [0.15, 0.2) is 11.5 Å². The number of nitrogens with zero attached hydrogens (tertiary/aromatic N) is 1. The Labute approximate surface area is 116 Å². The fraction of sp³-hybridized carbons (Fsp3) is 0.400. The lowest BCUT2D eigenvalue weighted by atomic mass is 9.84. The summed E-state index contributed by atoms with van der Waals surface area (Å²) in [4.78, 5) is 11.5. The van der Waals surface area contributed by atoms with Crippen LogP contribution in [0.2, 0.25) is 0 Å². The number of aliphatic carboxylic acids is 1. The zero-order valence-electron chi connectivity index (χ0n) is 11.8. The molecule has 0 spiro atoms. The van der Waals surface area contributed by atoms with Gasteiger partial charge in [0, 0.05) is 24.7 Å². The van der Waals surface area contributed by atoms with Crippen molar-refractivity contribution in [2.75, 3.05) is 13.2 Å². The molecule has 1 aromatic heterocycles. The molecule has 0 fully saturated rings. The summed E-state index contributed by atoms with van der Waals surface area (Å²) >= 11 is 0. The van der Waals surface area contributed by atoms with E-state index in [9.17, 15) is 9.90 Å². The van der Waals surface area contributed by atoms with Gasteiger partial charge >= 0.3 is 5.97 Å². The van der Waals surface area contributed by atoms with Crippen LogP contribution in [-0.4, -0.2) is 28.9 Å². The molecule has 1 aliphatic rings. The highest BCUT2D eigenvalue weighted by atomic mass is 16.6. The minimum atomic E-state index is -0.955. The summed E-state index contributed by atoms with van der Waals surface area (Å²) in [5.41, 5.74) is 0.765. The number of aromatic nitrogens is 1. The molecule has 5 heteroatoms. The van der Waals surface area contributed by atoms with E-state index in [2.05, 4.69) is 0 Å². The number of benzene rings is 1. The second-order valence-corrected chi connectivity index (χ2v) is 5.60. The predicted octanol–water partition coefficient (Wildman–Crippen LogP) is 2.31. The summed E-state index contributed by atoms with van der Waals surface area (Å²) < 4.78 is 13.1. The Bertz CT molecular complexity index is 699. The van der Waals surface area contributed by atoms with Crippen LogP contribution in [0.4, 0.5) is 0 Å². The van der Waals surface area contributed by atoms with Gasteiger partial charge in [-0.15, -0.1) is 0 Å². The number of fused-ring (bicyclic) bond motifs is 2. The van der Waals surface area contributed by atoms with Gasteiger partial charge in [-0.1, -0.05) is 0 Å². The van der Waals surface area contributed by atoms with Crippen LogP contribution in [-0.2, 0) is 17.3 Å². The maximum Gasteiger partial charge on any atom is 0.313 e. The first-order valence-corrected chi connectivity index (χ1v) is 6.54. The maximum absolute atomic E-state index is 11.5. The van der Waals surface area contributed by atoms with E-state index in [1.807, 2.05) is 29.9 Å². The minimum absolute atomic E-state index is 0.517. The van der Waals surface area contributed by atoms with Crippen molar-refractivity contribution in [3.05, 3.63) is 23.9 Å². The molecule has 0 bridgehead atoms. The first-order chi connectivity index (χ1) is 9.41. The Hall–Kier alpha value is -2.17. The van der Waals surface area contributed by atoms with Crippen molar-refractivity contribution in [3.8, 4) is 11.5 Å². The average molecular weight is 275 g/mol. The number of carboxylic acid groups (broad SMARTS) is 1. The smallest absolute Gasteiger partial charge is 0.313 e. The predicted molar refractivity (Wildman–Crippen MR) is 74.6 cm³/mol. The third-order valence-electron chi connectivity index (χ3n) is 3.86. The first kappa shape index (κ1) is 12.8. The molecule has 2 heterocycles. The van der Waals surface area contributed by atoms with Crippen LogP contribution in [0.25, 0.3) is 10.9 Å².